The molecule has 1 unspecified atom stereocenters. The van der Waals surface area contributed by atoms with Crippen LogP contribution in [0.3, 0.4) is 0 Å². The Labute approximate surface area is 124 Å². The van der Waals surface area contributed by atoms with Crippen molar-refractivity contribution in [3.8, 4) is 0 Å². The quantitative estimate of drug-likeness (QED) is 0.860. The van der Waals surface area contributed by atoms with Gasteiger partial charge in [0.25, 0.3) is 0 Å². The molecule has 1 aromatic carbocycles. The van der Waals surface area contributed by atoms with E-state index in [-0.39, 0.29) is 0 Å². The minimum atomic E-state index is 0.435. The van der Waals surface area contributed by atoms with Gasteiger partial charge < -0.3 is 15.1 Å². The highest BCUT2D eigenvalue weighted by Crippen LogP contribution is 2.18. The maximum atomic E-state index is 3.88. The molecule has 1 N–H and O–H groups in total. The Kier molecular flexibility index (Phi) is 6.02. The summed E-state index contributed by atoms with van der Waals surface area (Å²) in [4.78, 5) is 4.81. The van der Waals surface area contributed by atoms with Gasteiger partial charge in [0.1, 0.15) is 0 Å². The highest BCUT2D eigenvalue weighted by molar-refractivity contribution is 5.19. The number of likely N-dealkylation sites (N-methyl/N-ethyl adjacent to an activating group) is 1. The molecule has 1 aromatic rings. The molecule has 1 aliphatic heterocycles. The van der Waals surface area contributed by atoms with Gasteiger partial charge in [0.15, 0.2) is 0 Å². The Morgan fingerprint density at radius 3 is 2.40 bits per heavy atom. The lowest BCUT2D eigenvalue weighted by molar-refractivity contribution is 0.192. The highest BCUT2D eigenvalue weighted by atomic mass is 15.2. The molecule has 0 aromatic heterocycles. The van der Waals surface area contributed by atoms with Gasteiger partial charge in [-0.05, 0) is 52.1 Å². The van der Waals surface area contributed by atoms with Gasteiger partial charge in [-0.15, -0.1) is 0 Å². The van der Waals surface area contributed by atoms with E-state index in [1.165, 1.54) is 38.0 Å². The molecular weight excluding hydrogens is 246 g/mol. The number of nitrogens with zero attached hydrogens (tertiary/aromatic N) is 2. The lowest BCUT2D eigenvalue weighted by Gasteiger charge is -2.35. The zero-order chi connectivity index (χ0) is 14.4. The lowest BCUT2D eigenvalue weighted by atomic mass is 10.0. The van der Waals surface area contributed by atoms with Crippen LogP contribution in [-0.4, -0.2) is 56.1 Å². The van der Waals surface area contributed by atoms with Crippen molar-refractivity contribution in [2.24, 2.45) is 0 Å². The summed E-state index contributed by atoms with van der Waals surface area (Å²) < 4.78 is 0. The van der Waals surface area contributed by atoms with Gasteiger partial charge in [-0.3, -0.25) is 0 Å². The lowest BCUT2D eigenvalue weighted by Crippen LogP contribution is -2.45. The molecular formula is C17H29N3. The molecule has 0 spiro atoms. The van der Waals surface area contributed by atoms with Crippen molar-refractivity contribution in [1.82, 2.24) is 15.1 Å². The number of hydrogen-bond acceptors (Lipinski definition) is 3. The van der Waals surface area contributed by atoms with Crippen LogP contribution in [0.2, 0.25) is 0 Å². The summed E-state index contributed by atoms with van der Waals surface area (Å²) in [6.45, 7) is 6.96. The molecule has 1 aliphatic rings. The van der Waals surface area contributed by atoms with Crippen molar-refractivity contribution in [3.05, 3.63) is 35.9 Å². The summed E-state index contributed by atoms with van der Waals surface area (Å²) in [5, 5.41) is 3.88. The van der Waals surface area contributed by atoms with Gasteiger partial charge >= 0.3 is 0 Å². The fourth-order valence-electron chi connectivity index (χ4n) is 3.01. The summed E-state index contributed by atoms with van der Waals surface area (Å²) in [6, 6.07) is 11.9. The van der Waals surface area contributed by atoms with E-state index in [2.05, 4.69) is 66.5 Å². The maximum absolute atomic E-state index is 3.88. The third-order valence-electron chi connectivity index (χ3n) is 4.22. The normalized spacial score (nSPS) is 19.4. The van der Waals surface area contributed by atoms with Crippen LogP contribution in [0.1, 0.15) is 31.4 Å². The summed E-state index contributed by atoms with van der Waals surface area (Å²) in [6.07, 6.45) is 2.54. The van der Waals surface area contributed by atoms with E-state index >= 15 is 0 Å². The van der Waals surface area contributed by atoms with Crippen LogP contribution < -0.4 is 5.32 Å². The van der Waals surface area contributed by atoms with Crippen LogP contribution in [-0.2, 0) is 0 Å². The second-order valence-corrected chi connectivity index (χ2v) is 6.10. The first-order valence-electron chi connectivity index (χ1n) is 7.87. The first-order chi connectivity index (χ1) is 9.69. The molecule has 3 heteroatoms. The van der Waals surface area contributed by atoms with E-state index < -0.39 is 0 Å². The Morgan fingerprint density at radius 1 is 1.20 bits per heavy atom. The zero-order valence-electron chi connectivity index (χ0n) is 13.2. The molecule has 1 fully saturated rings. The monoisotopic (exact) mass is 275 g/mol. The summed E-state index contributed by atoms with van der Waals surface area (Å²) in [7, 11) is 4.30. The van der Waals surface area contributed by atoms with E-state index in [0.717, 1.165) is 6.54 Å². The van der Waals surface area contributed by atoms with Gasteiger partial charge in [-0.2, -0.15) is 0 Å². The molecule has 20 heavy (non-hydrogen) atoms. The molecule has 0 amide bonds. The number of likely N-dealkylation sites (tertiary alicyclic amines) is 1. The van der Waals surface area contributed by atoms with Crippen LogP contribution in [0.15, 0.2) is 30.3 Å². The molecule has 0 radical (unpaired) electrons. The van der Waals surface area contributed by atoms with Crippen molar-refractivity contribution >= 4 is 0 Å². The maximum Gasteiger partial charge on any atom is 0.0451 e. The van der Waals surface area contributed by atoms with E-state index in [9.17, 15) is 0 Å². The zero-order valence-corrected chi connectivity index (χ0v) is 13.2. The molecule has 0 bridgehead atoms. The van der Waals surface area contributed by atoms with E-state index in [4.69, 9.17) is 0 Å². The van der Waals surface area contributed by atoms with Crippen molar-refractivity contribution in [2.45, 2.75) is 31.8 Å². The standard InChI is InChI=1S/C17H29N3/c1-4-20-12-10-16(11-13-20)18-17(14-19(2)3)15-8-6-5-7-9-15/h5-9,16-18H,4,10-14H2,1-3H3. The Morgan fingerprint density at radius 2 is 1.85 bits per heavy atom. The number of rotatable bonds is 6. The molecule has 2 rings (SSSR count). The van der Waals surface area contributed by atoms with Crippen molar-refractivity contribution in [1.29, 1.82) is 0 Å². The Hall–Kier alpha value is -0.900. The predicted octanol–water partition coefficient (Wildman–Crippen LogP) is 2.36. The molecule has 1 saturated heterocycles. The van der Waals surface area contributed by atoms with Crippen LogP contribution in [0.25, 0.3) is 0 Å². The minimum absolute atomic E-state index is 0.435. The largest absolute Gasteiger partial charge is 0.308 e. The summed E-state index contributed by atoms with van der Waals surface area (Å²) >= 11 is 0. The summed E-state index contributed by atoms with van der Waals surface area (Å²) in [5.41, 5.74) is 1.40. The van der Waals surface area contributed by atoms with Gasteiger partial charge in [-0.1, -0.05) is 37.3 Å². The van der Waals surface area contributed by atoms with E-state index in [1.54, 1.807) is 0 Å². The average Bonchev–Trinajstić information content (AvgIpc) is 2.48. The fraction of sp³-hybridized carbons (Fsp3) is 0.647. The third kappa shape index (κ3) is 4.58. The minimum Gasteiger partial charge on any atom is -0.308 e. The molecule has 0 saturated carbocycles. The summed E-state index contributed by atoms with van der Waals surface area (Å²) in [5.74, 6) is 0. The molecule has 1 heterocycles. The van der Waals surface area contributed by atoms with Gasteiger partial charge in [0, 0.05) is 18.6 Å². The first kappa shape index (κ1) is 15.5. The first-order valence-corrected chi connectivity index (χ1v) is 7.87. The van der Waals surface area contributed by atoms with E-state index in [1.807, 2.05) is 0 Å². The van der Waals surface area contributed by atoms with Gasteiger partial charge in [-0.25, -0.2) is 0 Å². The van der Waals surface area contributed by atoms with Crippen LogP contribution in [0.4, 0.5) is 0 Å². The fourth-order valence-corrected chi connectivity index (χ4v) is 3.01. The Balaban J connectivity index is 1.95. The number of nitrogens with one attached hydrogen (secondary N) is 1. The van der Waals surface area contributed by atoms with Crippen molar-refractivity contribution in [2.75, 3.05) is 40.3 Å². The number of piperidine rings is 1. The second kappa shape index (κ2) is 7.77. The van der Waals surface area contributed by atoms with Crippen molar-refractivity contribution < 1.29 is 0 Å². The Bertz CT molecular complexity index is 369. The smallest absolute Gasteiger partial charge is 0.0451 e. The van der Waals surface area contributed by atoms with Crippen LogP contribution in [0.5, 0.6) is 0 Å². The van der Waals surface area contributed by atoms with Crippen LogP contribution in [0, 0.1) is 0 Å². The van der Waals surface area contributed by atoms with Crippen LogP contribution >= 0.6 is 0 Å². The van der Waals surface area contributed by atoms with Gasteiger partial charge in [0.2, 0.25) is 0 Å². The molecule has 112 valence electrons. The van der Waals surface area contributed by atoms with Gasteiger partial charge in [0.05, 0.1) is 0 Å². The highest BCUT2D eigenvalue weighted by Gasteiger charge is 2.22. The predicted molar refractivity (Wildman–Crippen MR) is 86.0 cm³/mol. The second-order valence-electron chi connectivity index (χ2n) is 6.10. The molecule has 3 nitrogen and oxygen atoms in total. The van der Waals surface area contributed by atoms with E-state index in [0.29, 0.717) is 12.1 Å². The molecule has 1 atom stereocenters. The molecule has 0 aliphatic carbocycles. The number of hydrogen-bond donors (Lipinski definition) is 1. The SMILES string of the molecule is CCN1CCC(NC(CN(C)C)c2ccccc2)CC1. The van der Waals surface area contributed by atoms with Crippen molar-refractivity contribution in [3.63, 3.8) is 0 Å². The third-order valence-corrected chi connectivity index (χ3v) is 4.22. The number of benzene rings is 1. The average molecular weight is 275 g/mol. The topological polar surface area (TPSA) is 18.5 Å².